The van der Waals surface area contributed by atoms with Crippen LogP contribution in [0.5, 0.6) is 0 Å². The van der Waals surface area contributed by atoms with Gasteiger partial charge in [0.15, 0.2) is 0 Å². The number of aryl methyl sites for hydroxylation is 3. The summed E-state index contributed by atoms with van der Waals surface area (Å²) in [6, 6.07) is 9.48. The van der Waals surface area contributed by atoms with Crippen LogP contribution in [0.3, 0.4) is 0 Å². The Bertz CT molecular complexity index is 1340. The van der Waals surface area contributed by atoms with E-state index in [1.165, 1.54) is 6.20 Å². The summed E-state index contributed by atoms with van der Waals surface area (Å²) in [4.78, 5) is 39.7. The molecule has 0 saturated carbocycles. The normalized spacial score (nSPS) is 11.1. The van der Waals surface area contributed by atoms with E-state index < -0.39 is 17.1 Å². The maximum absolute atomic E-state index is 12.9. The number of aromatic amines is 1. The van der Waals surface area contributed by atoms with Crippen molar-refractivity contribution in [1.29, 1.82) is 0 Å². The van der Waals surface area contributed by atoms with Crippen LogP contribution in [0.15, 0.2) is 61.6 Å². The molecule has 0 atom stereocenters. The minimum atomic E-state index is -0.808. The fourth-order valence-electron chi connectivity index (χ4n) is 3.26. The predicted octanol–water partition coefficient (Wildman–Crippen LogP) is 0.780. The first-order chi connectivity index (χ1) is 14.4. The quantitative estimate of drug-likeness (QED) is 0.503. The molecule has 10 nitrogen and oxygen atoms in total. The zero-order valence-corrected chi connectivity index (χ0v) is 16.5. The summed E-state index contributed by atoms with van der Waals surface area (Å²) in [5, 5.41) is 8.13. The molecule has 0 amide bonds. The maximum Gasteiger partial charge on any atom is 0.341 e. The topological polar surface area (TPSA) is 121 Å². The van der Waals surface area contributed by atoms with Crippen molar-refractivity contribution < 1.29 is 4.52 Å². The van der Waals surface area contributed by atoms with Gasteiger partial charge in [-0.05, 0) is 25.8 Å². The highest BCUT2D eigenvalue weighted by Crippen LogP contribution is 2.14. The van der Waals surface area contributed by atoms with Crippen molar-refractivity contribution >= 4 is 0 Å². The summed E-state index contributed by atoms with van der Waals surface area (Å²) in [5.41, 5.74) is 0.609. The van der Waals surface area contributed by atoms with Gasteiger partial charge in [-0.1, -0.05) is 35.5 Å². The highest BCUT2D eigenvalue weighted by atomic mass is 16.5. The first-order valence-corrected chi connectivity index (χ1v) is 9.38. The number of rotatable bonds is 6. The lowest BCUT2D eigenvalue weighted by atomic mass is 10.1. The van der Waals surface area contributed by atoms with Crippen molar-refractivity contribution in [2.45, 2.75) is 33.4 Å². The van der Waals surface area contributed by atoms with E-state index in [2.05, 4.69) is 15.2 Å². The van der Waals surface area contributed by atoms with E-state index in [4.69, 9.17) is 4.52 Å². The molecular weight excluding hydrogens is 388 g/mol. The van der Waals surface area contributed by atoms with Gasteiger partial charge in [0, 0.05) is 18.3 Å². The zero-order valence-electron chi connectivity index (χ0n) is 16.5. The molecule has 3 heterocycles. The van der Waals surface area contributed by atoms with Crippen LogP contribution in [-0.4, -0.2) is 29.1 Å². The Morgan fingerprint density at radius 1 is 1.07 bits per heavy atom. The minimum absolute atomic E-state index is 0.145. The molecule has 0 spiro atoms. The Balaban J connectivity index is 1.66. The van der Waals surface area contributed by atoms with Crippen molar-refractivity contribution in [3.05, 3.63) is 96.8 Å². The fraction of sp³-hybridized carbons (Fsp3) is 0.250. The third kappa shape index (κ3) is 3.66. The van der Waals surface area contributed by atoms with Crippen molar-refractivity contribution in [3.63, 3.8) is 0 Å². The average Bonchev–Trinajstić information content (AvgIpc) is 3.30. The smallest absolute Gasteiger partial charge is 0.341 e. The van der Waals surface area contributed by atoms with Crippen LogP contribution < -0.4 is 17.1 Å². The highest BCUT2D eigenvalue weighted by molar-refractivity contribution is 5.26. The summed E-state index contributed by atoms with van der Waals surface area (Å²) in [6.07, 6.45) is 3.45. The highest BCUT2D eigenvalue weighted by Gasteiger charge is 2.15. The standard InChI is InChI=1S/C20H20N6O4/c1-13-17(14(2)30-23-13)12-24-11-16(10-21-24)26-19(28)22-18(27)25(20(26)29)9-8-15-6-4-3-5-7-15/h3-7,10-11H,8-9,12H2,1-2H3,(H,22,27,28). The van der Waals surface area contributed by atoms with Gasteiger partial charge >= 0.3 is 17.1 Å². The van der Waals surface area contributed by atoms with Crippen LogP contribution >= 0.6 is 0 Å². The molecule has 154 valence electrons. The van der Waals surface area contributed by atoms with E-state index in [0.29, 0.717) is 18.7 Å². The van der Waals surface area contributed by atoms with E-state index in [0.717, 1.165) is 26.0 Å². The van der Waals surface area contributed by atoms with Crippen LogP contribution in [0.25, 0.3) is 5.69 Å². The second kappa shape index (κ2) is 7.82. The summed E-state index contributed by atoms with van der Waals surface area (Å²) in [7, 11) is 0. The van der Waals surface area contributed by atoms with Crippen LogP contribution in [0.1, 0.15) is 22.6 Å². The molecule has 4 rings (SSSR count). The summed E-state index contributed by atoms with van der Waals surface area (Å²) >= 11 is 0. The zero-order chi connectivity index (χ0) is 21.3. The van der Waals surface area contributed by atoms with Gasteiger partial charge in [0.1, 0.15) is 5.76 Å². The van der Waals surface area contributed by atoms with Gasteiger partial charge in [0.05, 0.1) is 24.1 Å². The van der Waals surface area contributed by atoms with Gasteiger partial charge < -0.3 is 4.52 Å². The van der Waals surface area contributed by atoms with Gasteiger partial charge in [-0.25, -0.2) is 23.5 Å². The lowest BCUT2D eigenvalue weighted by Crippen LogP contribution is -2.48. The molecule has 3 aromatic heterocycles. The van der Waals surface area contributed by atoms with E-state index in [-0.39, 0.29) is 12.2 Å². The Labute approximate surface area is 170 Å². The molecule has 0 aliphatic carbocycles. The van der Waals surface area contributed by atoms with Crippen molar-refractivity contribution in [2.24, 2.45) is 0 Å². The second-order valence-corrected chi connectivity index (χ2v) is 6.94. The minimum Gasteiger partial charge on any atom is -0.361 e. The molecule has 30 heavy (non-hydrogen) atoms. The number of aromatic nitrogens is 6. The molecule has 0 saturated heterocycles. The lowest BCUT2D eigenvalue weighted by molar-refractivity contribution is 0.391. The van der Waals surface area contributed by atoms with Gasteiger partial charge in [-0.15, -0.1) is 0 Å². The van der Waals surface area contributed by atoms with E-state index in [1.54, 1.807) is 17.8 Å². The lowest BCUT2D eigenvalue weighted by Gasteiger charge is -2.07. The first-order valence-electron chi connectivity index (χ1n) is 9.38. The van der Waals surface area contributed by atoms with E-state index in [9.17, 15) is 14.4 Å². The molecule has 0 radical (unpaired) electrons. The molecule has 1 N–H and O–H groups in total. The van der Waals surface area contributed by atoms with Gasteiger partial charge in [-0.2, -0.15) is 5.10 Å². The number of nitrogens with one attached hydrogen (secondary N) is 1. The Morgan fingerprint density at radius 2 is 1.83 bits per heavy atom. The Morgan fingerprint density at radius 3 is 2.53 bits per heavy atom. The molecule has 0 aliphatic rings. The summed E-state index contributed by atoms with van der Waals surface area (Å²) < 4.78 is 8.65. The predicted molar refractivity (Wildman–Crippen MR) is 108 cm³/mol. The van der Waals surface area contributed by atoms with Gasteiger partial charge in [0.25, 0.3) is 0 Å². The first kappa shape index (κ1) is 19.4. The van der Waals surface area contributed by atoms with Gasteiger partial charge in [-0.3, -0.25) is 9.67 Å². The third-order valence-electron chi connectivity index (χ3n) is 4.93. The van der Waals surface area contributed by atoms with Crippen LogP contribution in [0.4, 0.5) is 0 Å². The van der Waals surface area contributed by atoms with Crippen LogP contribution in [-0.2, 0) is 19.5 Å². The number of benzene rings is 1. The monoisotopic (exact) mass is 408 g/mol. The fourth-order valence-corrected chi connectivity index (χ4v) is 3.26. The molecule has 4 aromatic rings. The molecule has 0 unspecified atom stereocenters. The van der Waals surface area contributed by atoms with Gasteiger partial charge in [0.2, 0.25) is 0 Å². The molecule has 0 fully saturated rings. The van der Waals surface area contributed by atoms with Crippen molar-refractivity contribution in [2.75, 3.05) is 0 Å². The summed E-state index contributed by atoms with van der Waals surface area (Å²) in [5.74, 6) is 0.675. The number of H-pyrrole nitrogens is 1. The Kier molecular flexibility index (Phi) is 5.05. The van der Waals surface area contributed by atoms with Crippen molar-refractivity contribution in [1.82, 2.24) is 29.1 Å². The molecular formula is C20H20N6O4. The van der Waals surface area contributed by atoms with Crippen molar-refractivity contribution in [3.8, 4) is 5.69 Å². The average molecular weight is 408 g/mol. The molecule has 1 aromatic carbocycles. The van der Waals surface area contributed by atoms with Crippen LogP contribution in [0, 0.1) is 13.8 Å². The summed E-state index contributed by atoms with van der Waals surface area (Å²) in [6.45, 7) is 4.15. The number of nitrogens with zero attached hydrogens (tertiary/aromatic N) is 5. The largest absolute Gasteiger partial charge is 0.361 e. The van der Waals surface area contributed by atoms with E-state index >= 15 is 0 Å². The third-order valence-corrected chi connectivity index (χ3v) is 4.93. The maximum atomic E-state index is 12.9. The Hall–Kier alpha value is -3.95. The van der Waals surface area contributed by atoms with E-state index in [1.807, 2.05) is 37.3 Å². The molecule has 0 aliphatic heterocycles. The number of hydrogen-bond donors (Lipinski definition) is 1. The molecule has 0 bridgehead atoms. The number of hydrogen-bond acceptors (Lipinski definition) is 6. The van der Waals surface area contributed by atoms with Crippen LogP contribution in [0.2, 0.25) is 0 Å². The molecule has 10 heteroatoms. The second-order valence-electron chi connectivity index (χ2n) is 6.94. The SMILES string of the molecule is Cc1noc(C)c1Cn1cc(-n2c(=O)[nH]c(=O)n(CCc3ccccc3)c2=O)cn1.